The van der Waals surface area contributed by atoms with E-state index in [-0.39, 0.29) is 11.3 Å². The molecule has 70 valence electrons. The fourth-order valence-corrected chi connectivity index (χ4v) is 1.54. The minimum Gasteiger partial charge on any atom is -0.298 e. The summed E-state index contributed by atoms with van der Waals surface area (Å²) in [6.07, 6.45) is 2.04. The maximum absolute atomic E-state index is 11.7. The Bertz CT molecular complexity index is 193. The van der Waals surface area contributed by atoms with Crippen molar-refractivity contribution >= 4 is 5.78 Å². The standard InChI is InChI=1S/C11H20O/c1-8(2)7-11(5,6)10(12)9(3)4/h7,9H,1-6H3. The average Bonchev–Trinajstić information content (AvgIpc) is 1.82. The van der Waals surface area contributed by atoms with E-state index in [2.05, 4.69) is 0 Å². The molecule has 0 fully saturated rings. The van der Waals surface area contributed by atoms with E-state index >= 15 is 0 Å². The quantitative estimate of drug-likeness (QED) is 0.591. The molecule has 0 heterocycles. The van der Waals surface area contributed by atoms with Gasteiger partial charge in [0.2, 0.25) is 0 Å². The number of carbonyl (C=O) groups is 1. The van der Waals surface area contributed by atoms with Gasteiger partial charge in [0.05, 0.1) is 0 Å². The summed E-state index contributed by atoms with van der Waals surface area (Å²) >= 11 is 0. The Hall–Kier alpha value is -0.590. The Labute approximate surface area is 75.9 Å². The molecule has 0 aromatic rings. The van der Waals surface area contributed by atoms with Crippen molar-refractivity contribution in [3.8, 4) is 0 Å². The fourth-order valence-electron chi connectivity index (χ4n) is 1.54. The van der Waals surface area contributed by atoms with Gasteiger partial charge in [-0.2, -0.15) is 0 Å². The third-order valence-electron chi connectivity index (χ3n) is 1.81. The Morgan fingerprint density at radius 1 is 1.25 bits per heavy atom. The van der Waals surface area contributed by atoms with E-state index in [1.807, 2.05) is 47.6 Å². The molecular formula is C11H20O. The summed E-state index contributed by atoms with van der Waals surface area (Å²) in [5.74, 6) is 0.430. The molecule has 0 atom stereocenters. The summed E-state index contributed by atoms with van der Waals surface area (Å²) in [5.41, 5.74) is 0.904. The van der Waals surface area contributed by atoms with Gasteiger partial charge in [0.1, 0.15) is 5.78 Å². The Kier molecular flexibility index (Phi) is 3.69. The maximum Gasteiger partial charge on any atom is 0.144 e. The lowest BCUT2D eigenvalue weighted by atomic mass is 9.81. The highest BCUT2D eigenvalue weighted by Gasteiger charge is 2.26. The van der Waals surface area contributed by atoms with Crippen molar-refractivity contribution in [1.82, 2.24) is 0 Å². The monoisotopic (exact) mass is 168 g/mol. The summed E-state index contributed by atoms with van der Waals surface area (Å²) in [5, 5.41) is 0. The first-order chi connectivity index (χ1) is 5.27. The predicted octanol–water partition coefficient (Wildman–Crippen LogP) is 3.20. The Morgan fingerprint density at radius 3 is 1.92 bits per heavy atom. The number of Topliss-reactive ketones (excluding diaryl/α,β-unsaturated/α-hetero) is 1. The van der Waals surface area contributed by atoms with Gasteiger partial charge in [0.25, 0.3) is 0 Å². The molecule has 0 spiro atoms. The van der Waals surface area contributed by atoms with Gasteiger partial charge in [-0.25, -0.2) is 0 Å². The maximum atomic E-state index is 11.7. The van der Waals surface area contributed by atoms with E-state index in [1.54, 1.807) is 0 Å². The second-order valence-corrected chi connectivity index (χ2v) is 4.46. The van der Waals surface area contributed by atoms with Crippen LogP contribution < -0.4 is 0 Å². The van der Waals surface area contributed by atoms with Gasteiger partial charge in [-0.15, -0.1) is 0 Å². The lowest BCUT2D eigenvalue weighted by Gasteiger charge is -2.21. The van der Waals surface area contributed by atoms with Crippen LogP contribution in [0.1, 0.15) is 41.5 Å². The molecule has 0 aliphatic heterocycles. The minimum atomic E-state index is -0.299. The van der Waals surface area contributed by atoms with Crippen LogP contribution in [0.3, 0.4) is 0 Å². The smallest absolute Gasteiger partial charge is 0.144 e. The number of hydrogen-bond acceptors (Lipinski definition) is 1. The second kappa shape index (κ2) is 3.88. The molecule has 0 amide bonds. The van der Waals surface area contributed by atoms with E-state index in [0.717, 1.165) is 0 Å². The molecule has 0 N–H and O–H groups in total. The second-order valence-electron chi connectivity index (χ2n) is 4.46. The van der Waals surface area contributed by atoms with E-state index < -0.39 is 0 Å². The van der Waals surface area contributed by atoms with Crippen LogP contribution in [-0.2, 0) is 4.79 Å². The van der Waals surface area contributed by atoms with Gasteiger partial charge < -0.3 is 0 Å². The van der Waals surface area contributed by atoms with Crippen LogP contribution in [0.4, 0.5) is 0 Å². The molecule has 12 heavy (non-hydrogen) atoms. The van der Waals surface area contributed by atoms with Crippen LogP contribution in [0.15, 0.2) is 11.6 Å². The average molecular weight is 168 g/mol. The molecule has 0 unspecified atom stereocenters. The third kappa shape index (κ3) is 3.21. The van der Waals surface area contributed by atoms with Crippen LogP contribution in [0.2, 0.25) is 0 Å². The molecule has 0 aromatic carbocycles. The van der Waals surface area contributed by atoms with Gasteiger partial charge in [0.15, 0.2) is 0 Å². The molecule has 0 aliphatic rings. The number of carbonyl (C=O) groups excluding carboxylic acids is 1. The molecular weight excluding hydrogens is 148 g/mol. The Balaban J connectivity index is 4.62. The molecule has 0 aromatic heterocycles. The van der Waals surface area contributed by atoms with E-state index in [4.69, 9.17) is 0 Å². The SMILES string of the molecule is CC(C)=CC(C)(C)C(=O)C(C)C. The number of ketones is 1. The van der Waals surface area contributed by atoms with Crippen molar-refractivity contribution < 1.29 is 4.79 Å². The molecule has 0 saturated heterocycles. The summed E-state index contributed by atoms with van der Waals surface area (Å²) in [6, 6.07) is 0. The molecule has 1 nitrogen and oxygen atoms in total. The van der Waals surface area contributed by atoms with E-state index in [0.29, 0.717) is 5.78 Å². The van der Waals surface area contributed by atoms with Crippen LogP contribution >= 0.6 is 0 Å². The Morgan fingerprint density at radius 2 is 1.67 bits per heavy atom. The van der Waals surface area contributed by atoms with Gasteiger partial charge >= 0.3 is 0 Å². The van der Waals surface area contributed by atoms with Crippen molar-refractivity contribution in [2.24, 2.45) is 11.3 Å². The first-order valence-corrected chi connectivity index (χ1v) is 4.47. The first kappa shape index (κ1) is 11.4. The molecule has 1 heteroatoms. The van der Waals surface area contributed by atoms with Gasteiger partial charge in [-0.3, -0.25) is 4.79 Å². The highest BCUT2D eigenvalue weighted by molar-refractivity contribution is 5.87. The third-order valence-corrected chi connectivity index (χ3v) is 1.81. The van der Waals surface area contributed by atoms with Crippen molar-refractivity contribution in [3.63, 3.8) is 0 Å². The fraction of sp³-hybridized carbons (Fsp3) is 0.727. The van der Waals surface area contributed by atoms with Crippen molar-refractivity contribution in [2.75, 3.05) is 0 Å². The molecule has 0 rings (SSSR count). The zero-order chi connectivity index (χ0) is 9.94. The van der Waals surface area contributed by atoms with Gasteiger partial charge in [-0.1, -0.05) is 25.5 Å². The highest BCUT2D eigenvalue weighted by Crippen LogP contribution is 2.24. The van der Waals surface area contributed by atoms with E-state index in [9.17, 15) is 4.79 Å². The minimum absolute atomic E-state index is 0.121. The van der Waals surface area contributed by atoms with Crippen LogP contribution in [0, 0.1) is 11.3 Å². The zero-order valence-corrected chi connectivity index (χ0v) is 9.06. The predicted molar refractivity (Wildman–Crippen MR) is 53.1 cm³/mol. The lowest BCUT2D eigenvalue weighted by Crippen LogP contribution is -2.26. The molecule has 0 bridgehead atoms. The summed E-state index contributed by atoms with van der Waals surface area (Å²) < 4.78 is 0. The summed E-state index contributed by atoms with van der Waals surface area (Å²) in [7, 11) is 0. The van der Waals surface area contributed by atoms with Crippen LogP contribution in [0.5, 0.6) is 0 Å². The summed E-state index contributed by atoms with van der Waals surface area (Å²) in [4.78, 5) is 11.7. The number of rotatable bonds is 3. The topological polar surface area (TPSA) is 17.1 Å². The molecule has 0 aliphatic carbocycles. The largest absolute Gasteiger partial charge is 0.298 e. The normalized spacial score (nSPS) is 11.6. The van der Waals surface area contributed by atoms with E-state index in [1.165, 1.54) is 5.57 Å². The van der Waals surface area contributed by atoms with Crippen molar-refractivity contribution in [3.05, 3.63) is 11.6 Å². The number of allylic oxidation sites excluding steroid dienone is 2. The van der Waals surface area contributed by atoms with Crippen molar-refractivity contribution in [2.45, 2.75) is 41.5 Å². The van der Waals surface area contributed by atoms with Gasteiger partial charge in [-0.05, 0) is 27.7 Å². The summed E-state index contributed by atoms with van der Waals surface area (Å²) in [6.45, 7) is 11.9. The lowest BCUT2D eigenvalue weighted by molar-refractivity contribution is -0.128. The van der Waals surface area contributed by atoms with Crippen LogP contribution in [-0.4, -0.2) is 5.78 Å². The molecule has 0 radical (unpaired) electrons. The van der Waals surface area contributed by atoms with Gasteiger partial charge in [0, 0.05) is 11.3 Å². The zero-order valence-electron chi connectivity index (χ0n) is 9.06. The van der Waals surface area contributed by atoms with Crippen LogP contribution in [0.25, 0.3) is 0 Å². The molecule has 0 saturated carbocycles. The number of hydrogen-bond donors (Lipinski definition) is 0. The highest BCUT2D eigenvalue weighted by atomic mass is 16.1. The first-order valence-electron chi connectivity index (χ1n) is 4.47. The van der Waals surface area contributed by atoms with Crippen molar-refractivity contribution in [1.29, 1.82) is 0 Å².